The molecule has 0 saturated heterocycles. The van der Waals surface area contributed by atoms with Crippen LogP contribution in [0.2, 0.25) is 0 Å². The maximum Gasteiger partial charge on any atom is 0.269 e. The molecule has 0 fully saturated rings. The third kappa shape index (κ3) is 2.96. The summed E-state index contributed by atoms with van der Waals surface area (Å²) in [7, 11) is 0. The normalized spacial score (nSPS) is 13.8. The van der Waals surface area contributed by atoms with E-state index < -0.39 is 12.0 Å². The number of rotatable bonds is 5. The van der Waals surface area contributed by atoms with E-state index in [2.05, 4.69) is 9.97 Å². The first-order valence-electron chi connectivity index (χ1n) is 7.56. The van der Waals surface area contributed by atoms with Crippen molar-refractivity contribution in [3.63, 3.8) is 0 Å². The van der Waals surface area contributed by atoms with Gasteiger partial charge in [-0.3, -0.25) is 4.79 Å². The van der Waals surface area contributed by atoms with Crippen LogP contribution >= 0.6 is 0 Å². The molecule has 5 heteroatoms. The van der Waals surface area contributed by atoms with E-state index in [1.807, 2.05) is 49.4 Å². The second kappa shape index (κ2) is 6.22. The van der Waals surface area contributed by atoms with Gasteiger partial charge in [-0.1, -0.05) is 49.4 Å². The lowest BCUT2D eigenvalue weighted by Crippen LogP contribution is -2.16. The number of primary amides is 1. The van der Waals surface area contributed by atoms with Gasteiger partial charge in [-0.25, -0.2) is 4.98 Å². The zero-order chi connectivity index (χ0) is 16.4. The summed E-state index contributed by atoms with van der Waals surface area (Å²) in [5.41, 5.74) is 7.12. The minimum absolute atomic E-state index is 0.0750. The van der Waals surface area contributed by atoms with Crippen LogP contribution < -0.4 is 5.73 Å². The molecule has 2 unspecified atom stereocenters. The number of carbonyl (C=O) groups excluding carboxylic acids is 1. The predicted octanol–water partition coefficient (Wildman–Crippen LogP) is 2.89. The third-order valence-electron chi connectivity index (χ3n) is 4.15. The Bertz CT molecular complexity index is 836. The summed E-state index contributed by atoms with van der Waals surface area (Å²) >= 11 is 0. The van der Waals surface area contributed by atoms with Crippen molar-refractivity contribution in [1.82, 2.24) is 9.97 Å². The minimum Gasteiger partial charge on any atom is -0.388 e. The van der Waals surface area contributed by atoms with Crippen LogP contribution in [-0.4, -0.2) is 21.0 Å². The third-order valence-corrected chi connectivity index (χ3v) is 4.15. The van der Waals surface area contributed by atoms with Crippen LogP contribution in [0.5, 0.6) is 0 Å². The van der Waals surface area contributed by atoms with Crippen molar-refractivity contribution in [1.29, 1.82) is 0 Å². The van der Waals surface area contributed by atoms with Crippen molar-refractivity contribution in [3.8, 4) is 0 Å². The van der Waals surface area contributed by atoms with Crippen molar-refractivity contribution >= 4 is 16.7 Å². The fourth-order valence-corrected chi connectivity index (χ4v) is 3.00. The molecule has 0 aliphatic heterocycles. The molecular weight excluding hydrogens is 290 g/mol. The molecule has 3 aromatic rings. The summed E-state index contributed by atoms with van der Waals surface area (Å²) in [6, 6.07) is 13.9. The molecule has 1 amide bonds. The number of benzene rings is 2. The Kier molecular flexibility index (Phi) is 4.12. The molecule has 0 aliphatic rings. The summed E-state index contributed by atoms with van der Waals surface area (Å²) < 4.78 is 0. The number of aliphatic hydroxyl groups excluding tert-OH is 1. The molecule has 4 N–H and O–H groups in total. The van der Waals surface area contributed by atoms with E-state index in [4.69, 9.17) is 5.73 Å². The van der Waals surface area contributed by atoms with Gasteiger partial charge in [0.15, 0.2) is 0 Å². The first-order valence-corrected chi connectivity index (χ1v) is 7.56. The van der Waals surface area contributed by atoms with Gasteiger partial charge in [0, 0.05) is 5.92 Å². The van der Waals surface area contributed by atoms with E-state index in [0.717, 1.165) is 16.3 Å². The van der Waals surface area contributed by atoms with Gasteiger partial charge in [0.25, 0.3) is 5.91 Å². The molecule has 0 spiro atoms. The molecule has 1 heterocycles. The van der Waals surface area contributed by atoms with E-state index in [1.54, 1.807) is 0 Å². The molecule has 23 heavy (non-hydrogen) atoms. The highest BCUT2D eigenvalue weighted by Crippen LogP contribution is 2.32. The Labute approximate surface area is 134 Å². The van der Waals surface area contributed by atoms with Gasteiger partial charge in [-0.15, -0.1) is 0 Å². The van der Waals surface area contributed by atoms with E-state index in [0.29, 0.717) is 12.1 Å². The van der Waals surface area contributed by atoms with Crippen LogP contribution in [0.25, 0.3) is 10.8 Å². The molecule has 118 valence electrons. The number of aliphatic hydroxyl groups is 1. The Hall–Kier alpha value is -2.66. The average Bonchev–Trinajstić information content (AvgIpc) is 3.04. The van der Waals surface area contributed by atoms with E-state index in [-0.39, 0.29) is 11.6 Å². The van der Waals surface area contributed by atoms with Crippen molar-refractivity contribution < 1.29 is 9.90 Å². The summed E-state index contributed by atoms with van der Waals surface area (Å²) in [5.74, 6) is -0.637. The van der Waals surface area contributed by atoms with Gasteiger partial charge >= 0.3 is 0 Å². The SMILES string of the molecule is CC(CC(O)c1cccc2ccccc12)c1[nH]cnc1C(N)=O. The summed E-state index contributed by atoms with van der Waals surface area (Å²) in [5, 5.41) is 12.8. The largest absolute Gasteiger partial charge is 0.388 e. The Morgan fingerprint density at radius 1 is 1.26 bits per heavy atom. The lowest BCUT2D eigenvalue weighted by atomic mass is 9.92. The molecule has 5 nitrogen and oxygen atoms in total. The van der Waals surface area contributed by atoms with Crippen LogP contribution in [0.1, 0.15) is 47.1 Å². The molecule has 2 aromatic carbocycles. The number of hydrogen-bond donors (Lipinski definition) is 3. The van der Waals surface area contributed by atoms with Gasteiger partial charge in [0.05, 0.1) is 18.1 Å². The fourth-order valence-electron chi connectivity index (χ4n) is 3.00. The van der Waals surface area contributed by atoms with Crippen molar-refractivity contribution in [2.75, 3.05) is 0 Å². The Morgan fingerprint density at radius 2 is 2.00 bits per heavy atom. The number of nitrogens with one attached hydrogen (secondary N) is 1. The van der Waals surface area contributed by atoms with Gasteiger partial charge in [0.1, 0.15) is 5.69 Å². The highest BCUT2D eigenvalue weighted by atomic mass is 16.3. The number of amides is 1. The number of aromatic nitrogens is 2. The number of nitrogens with zero attached hydrogens (tertiary/aromatic N) is 1. The monoisotopic (exact) mass is 309 g/mol. The smallest absolute Gasteiger partial charge is 0.269 e. The van der Waals surface area contributed by atoms with Gasteiger partial charge in [-0.05, 0) is 22.8 Å². The summed E-state index contributed by atoms with van der Waals surface area (Å²) in [4.78, 5) is 18.3. The van der Waals surface area contributed by atoms with Crippen LogP contribution in [0.3, 0.4) is 0 Å². The molecule has 0 bridgehead atoms. The zero-order valence-electron chi connectivity index (χ0n) is 12.9. The van der Waals surface area contributed by atoms with Crippen LogP contribution in [0.4, 0.5) is 0 Å². The lowest BCUT2D eigenvalue weighted by Gasteiger charge is -2.18. The van der Waals surface area contributed by atoms with Gasteiger partial charge in [-0.2, -0.15) is 0 Å². The van der Waals surface area contributed by atoms with Crippen LogP contribution in [0, 0.1) is 0 Å². The second-order valence-electron chi connectivity index (χ2n) is 5.75. The fraction of sp³-hybridized carbons (Fsp3) is 0.222. The molecule has 0 aliphatic carbocycles. The Morgan fingerprint density at radius 3 is 2.78 bits per heavy atom. The van der Waals surface area contributed by atoms with E-state index in [1.165, 1.54) is 6.33 Å². The standard InChI is InChI=1S/C18H19N3O2/c1-11(16-17(18(19)23)21-10-20-16)9-15(22)14-8-4-6-12-5-2-3-7-13(12)14/h2-8,10-11,15,22H,9H2,1H3,(H2,19,23)(H,20,21). The van der Waals surface area contributed by atoms with Crippen molar-refractivity contribution in [2.45, 2.75) is 25.4 Å². The molecular formula is C18H19N3O2. The quantitative estimate of drug-likeness (QED) is 0.676. The summed E-state index contributed by atoms with van der Waals surface area (Å²) in [6.07, 6.45) is 1.28. The number of imidazole rings is 1. The highest BCUT2D eigenvalue weighted by molar-refractivity contribution is 5.92. The molecule has 1 aromatic heterocycles. The topological polar surface area (TPSA) is 92.0 Å². The predicted molar refractivity (Wildman–Crippen MR) is 89.0 cm³/mol. The highest BCUT2D eigenvalue weighted by Gasteiger charge is 2.21. The average molecular weight is 309 g/mol. The van der Waals surface area contributed by atoms with E-state index in [9.17, 15) is 9.90 Å². The molecule has 0 saturated carbocycles. The van der Waals surface area contributed by atoms with Crippen LogP contribution in [-0.2, 0) is 0 Å². The van der Waals surface area contributed by atoms with E-state index >= 15 is 0 Å². The maximum absolute atomic E-state index is 11.4. The number of H-pyrrole nitrogens is 1. The minimum atomic E-state index is -0.639. The number of nitrogens with two attached hydrogens (primary N) is 1. The summed E-state index contributed by atoms with van der Waals surface area (Å²) in [6.45, 7) is 1.94. The lowest BCUT2D eigenvalue weighted by molar-refractivity contribution is 0.0993. The molecule has 2 atom stereocenters. The molecule has 0 radical (unpaired) electrons. The number of carbonyl (C=O) groups is 1. The van der Waals surface area contributed by atoms with Crippen LogP contribution in [0.15, 0.2) is 48.8 Å². The Balaban J connectivity index is 1.87. The van der Waals surface area contributed by atoms with Crippen molar-refractivity contribution in [2.24, 2.45) is 5.73 Å². The second-order valence-corrected chi connectivity index (χ2v) is 5.75. The maximum atomic E-state index is 11.4. The van der Waals surface area contributed by atoms with Gasteiger partial charge < -0.3 is 15.8 Å². The van der Waals surface area contributed by atoms with Crippen molar-refractivity contribution in [3.05, 3.63) is 65.7 Å². The first kappa shape index (κ1) is 15.2. The number of fused-ring (bicyclic) bond motifs is 1. The first-order chi connectivity index (χ1) is 11.1. The zero-order valence-corrected chi connectivity index (χ0v) is 12.9. The number of aromatic amines is 1. The van der Waals surface area contributed by atoms with Gasteiger partial charge in [0.2, 0.25) is 0 Å². The number of hydrogen-bond acceptors (Lipinski definition) is 3. The molecule has 3 rings (SSSR count).